The molecule has 0 saturated heterocycles. The van der Waals surface area contributed by atoms with Crippen molar-refractivity contribution in [3.8, 4) is 0 Å². The quantitative estimate of drug-likeness (QED) is 0.829. The molecule has 0 radical (unpaired) electrons. The van der Waals surface area contributed by atoms with E-state index >= 15 is 0 Å². The highest BCUT2D eigenvalue weighted by molar-refractivity contribution is 5.95. The van der Waals surface area contributed by atoms with Gasteiger partial charge in [-0.3, -0.25) is 4.79 Å². The lowest BCUT2D eigenvalue weighted by atomic mass is 10.1. The Morgan fingerprint density at radius 3 is 2.58 bits per heavy atom. The summed E-state index contributed by atoms with van der Waals surface area (Å²) < 4.78 is 0. The Morgan fingerprint density at radius 2 is 2.05 bits per heavy atom. The molecule has 0 spiro atoms. The highest BCUT2D eigenvalue weighted by Crippen LogP contribution is 2.21. The number of carboxylic acids is 1. The van der Waals surface area contributed by atoms with Crippen LogP contribution in [0.2, 0.25) is 0 Å². The second kappa shape index (κ2) is 6.17. The van der Waals surface area contributed by atoms with Crippen molar-refractivity contribution in [3.05, 3.63) is 22.9 Å². The van der Waals surface area contributed by atoms with Crippen LogP contribution in [0.15, 0.2) is 6.07 Å². The molecule has 0 bridgehead atoms. The summed E-state index contributed by atoms with van der Waals surface area (Å²) in [6.45, 7) is 5.96. The summed E-state index contributed by atoms with van der Waals surface area (Å²) in [5.41, 5.74) is 1.50. The van der Waals surface area contributed by atoms with Crippen LogP contribution in [0.5, 0.6) is 0 Å². The molecule has 0 aliphatic carbocycles. The Bertz CT molecular complexity index is 500. The Kier molecular flexibility index (Phi) is 4.86. The van der Waals surface area contributed by atoms with E-state index in [0.29, 0.717) is 17.9 Å². The van der Waals surface area contributed by atoms with Gasteiger partial charge >= 0.3 is 5.97 Å². The fourth-order valence-electron chi connectivity index (χ4n) is 1.90. The van der Waals surface area contributed by atoms with Crippen LogP contribution in [-0.2, 0) is 4.79 Å². The predicted octanol–water partition coefficient (Wildman–Crippen LogP) is 0.969. The fourth-order valence-corrected chi connectivity index (χ4v) is 1.90. The molecule has 19 heavy (non-hydrogen) atoms. The molecule has 1 aromatic rings. The van der Waals surface area contributed by atoms with Gasteiger partial charge in [0.25, 0.3) is 0 Å². The number of hydrogen-bond acceptors (Lipinski definition) is 4. The maximum Gasteiger partial charge on any atom is 0.339 e. The first kappa shape index (κ1) is 14.9. The molecular formula is C13H19N3O3. The summed E-state index contributed by atoms with van der Waals surface area (Å²) in [5, 5.41) is 11.9. The van der Waals surface area contributed by atoms with Gasteiger partial charge in [-0.2, -0.15) is 0 Å². The molecule has 0 aliphatic heterocycles. The normalized spacial score (nSPS) is 10.1. The molecule has 1 rings (SSSR count). The molecule has 0 aliphatic rings. The molecule has 1 heterocycles. The van der Waals surface area contributed by atoms with E-state index in [1.165, 1.54) is 0 Å². The number of aromatic nitrogens is 1. The SMILES string of the molecule is CCNC(=O)CN(C)c1nc(C)cc(C)c1C(=O)O. The number of amides is 1. The zero-order chi connectivity index (χ0) is 14.6. The smallest absolute Gasteiger partial charge is 0.339 e. The first-order chi connectivity index (χ1) is 8.86. The van der Waals surface area contributed by atoms with Crippen molar-refractivity contribution in [2.75, 3.05) is 25.0 Å². The average Bonchev–Trinajstić information content (AvgIpc) is 2.27. The number of nitrogens with zero attached hydrogens (tertiary/aromatic N) is 2. The van der Waals surface area contributed by atoms with E-state index in [2.05, 4.69) is 10.3 Å². The Hall–Kier alpha value is -2.11. The third kappa shape index (κ3) is 3.67. The van der Waals surface area contributed by atoms with Crippen LogP contribution in [0.3, 0.4) is 0 Å². The number of rotatable bonds is 5. The summed E-state index contributed by atoms with van der Waals surface area (Å²) in [5.74, 6) is -0.888. The molecule has 0 saturated carbocycles. The van der Waals surface area contributed by atoms with Crippen molar-refractivity contribution in [1.29, 1.82) is 0 Å². The summed E-state index contributed by atoms with van der Waals surface area (Å²) in [6, 6.07) is 1.72. The lowest BCUT2D eigenvalue weighted by molar-refractivity contribution is -0.119. The summed E-state index contributed by atoms with van der Waals surface area (Å²) in [6.07, 6.45) is 0. The Labute approximate surface area is 112 Å². The molecule has 0 atom stereocenters. The molecule has 1 aromatic heterocycles. The van der Waals surface area contributed by atoms with Gasteiger partial charge in [0, 0.05) is 19.3 Å². The van der Waals surface area contributed by atoms with Crippen molar-refractivity contribution in [2.24, 2.45) is 0 Å². The Morgan fingerprint density at radius 1 is 1.42 bits per heavy atom. The molecule has 0 aromatic carbocycles. The van der Waals surface area contributed by atoms with Crippen molar-refractivity contribution < 1.29 is 14.7 Å². The minimum absolute atomic E-state index is 0.0734. The number of aromatic carboxylic acids is 1. The number of carbonyl (C=O) groups is 2. The van der Waals surface area contributed by atoms with Gasteiger partial charge < -0.3 is 15.3 Å². The third-order valence-electron chi connectivity index (χ3n) is 2.66. The second-order valence-corrected chi connectivity index (χ2v) is 4.39. The van der Waals surface area contributed by atoms with E-state index in [0.717, 1.165) is 5.69 Å². The number of hydrogen-bond donors (Lipinski definition) is 2. The maximum absolute atomic E-state index is 11.5. The van der Waals surface area contributed by atoms with Gasteiger partial charge in [-0.25, -0.2) is 9.78 Å². The van der Waals surface area contributed by atoms with Crippen LogP contribution in [0, 0.1) is 13.8 Å². The molecule has 1 amide bonds. The summed E-state index contributed by atoms with van der Waals surface area (Å²) in [7, 11) is 1.66. The van der Waals surface area contributed by atoms with E-state index in [9.17, 15) is 14.7 Å². The van der Waals surface area contributed by atoms with Crippen molar-refractivity contribution in [3.63, 3.8) is 0 Å². The molecule has 6 heteroatoms. The zero-order valence-electron chi connectivity index (χ0n) is 11.6. The number of aryl methyl sites for hydroxylation is 2. The lowest BCUT2D eigenvalue weighted by Gasteiger charge is -2.21. The first-order valence-corrected chi connectivity index (χ1v) is 6.06. The summed E-state index contributed by atoms with van der Waals surface area (Å²) >= 11 is 0. The summed E-state index contributed by atoms with van der Waals surface area (Å²) in [4.78, 5) is 28.6. The van der Waals surface area contributed by atoms with Crippen LogP contribution in [-0.4, -0.2) is 42.1 Å². The standard InChI is InChI=1S/C13H19N3O3/c1-5-14-10(17)7-16(4)12-11(13(18)19)8(2)6-9(3)15-12/h6H,5,7H2,1-4H3,(H,14,17)(H,18,19). The highest BCUT2D eigenvalue weighted by Gasteiger charge is 2.19. The Balaban J connectivity index is 3.11. The monoisotopic (exact) mass is 265 g/mol. The van der Waals surface area contributed by atoms with E-state index in [-0.39, 0.29) is 18.0 Å². The van der Waals surface area contributed by atoms with Crippen LogP contribution < -0.4 is 10.2 Å². The molecule has 0 unspecified atom stereocenters. The largest absolute Gasteiger partial charge is 0.478 e. The molecule has 104 valence electrons. The molecule has 6 nitrogen and oxygen atoms in total. The highest BCUT2D eigenvalue weighted by atomic mass is 16.4. The number of anilines is 1. The average molecular weight is 265 g/mol. The van der Waals surface area contributed by atoms with Crippen molar-refractivity contribution in [2.45, 2.75) is 20.8 Å². The van der Waals surface area contributed by atoms with Crippen LogP contribution in [0.25, 0.3) is 0 Å². The van der Waals surface area contributed by atoms with Crippen molar-refractivity contribution >= 4 is 17.7 Å². The van der Waals surface area contributed by atoms with Crippen LogP contribution >= 0.6 is 0 Å². The predicted molar refractivity (Wildman–Crippen MR) is 72.6 cm³/mol. The number of nitrogens with one attached hydrogen (secondary N) is 1. The number of likely N-dealkylation sites (N-methyl/N-ethyl adjacent to an activating group) is 2. The topological polar surface area (TPSA) is 82.5 Å². The minimum atomic E-state index is -1.04. The van der Waals surface area contributed by atoms with E-state index in [4.69, 9.17) is 0 Å². The number of carboxylic acid groups (broad SMARTS) is 1. The lowest BCUT2D eigenvalue weighted by Crippen LogP contribution is -2.36. The van der Waals surface area contributed by atoms with Gasteiger partial charge in [-0.15, -0.1) is 0 Å². The number of pyridine rings is 1. The zero-order valence-corrected chi connectivity index (χ0v) is 11.6. The van der Waals surface area contributed by atoms with E-state index in [1.807, 2.05) is 6.92 Å². The van der Waals surface area contributed by atoms with Gasteiger partial charge in [-0.05, 0) is 32.4 Å². The molecular weight excluding hydrogens is 246 g/mol. The van der Waals surface area contributed by atoms with Gasteiger partial charge in [-0.1, -0.05) is 0 Å². The molecule has 2 N–H and O–H groups in total. The third-order valence-corrected chi connectivity index (χ3v) is 2.66. The van der Waals surface area contributed by atoms with Gasteiger partial charge in [0.2, 0.25) is 5.91 Å². The maximum atomic E-state index is 11.5. The van der Waals surface area contributed by atoms with E-state index < -0.39 is 5.97 Å². The molecule has 0 fully saturated rings. The minimum Gasteiger partial charge on any atom is -0.478 e. The second-order valence-electron chi connectivity index (χ2n) is 4.39. The van der Waals surface area contributed by atoms with Gasteiger partial charge in [0.15, 0.2) is 0 Å². The van der Waals surface area contributed by atoms with Crippen LogP contribution in [0.4, 0.5) is 5.82 Å². The van der Waals surface area contributed by atoms with Crippen LogP contribution in [0.1, 0.15) is 28.5 Å². The van der Waals surface area contributed by atoms with Gasteiger partial charge in [0.05, 0.1) is 6.54 Å². The van der Waals surface area contributed by atoms with Gasteiger partial charge in [0.1, 0.15) is 11.4 Å². The fraction of sp³-hybridized carbons (Fsp3) is 0.462. The number of carbonyl (C=O) groups excluding carboxylic acids is 1. The van der Waals surface area contributed by atoms with E-state index in [1.54, 1.807) is 31.9 Å². The van der Waals surface area contributed by atoms with Crippen molar-refractivity contribution in [1.82, 2.24) is 10.3 Å². The first-order valence-electron chi connectivity index (χ1n) is 6.06.